The summed E-state index contributed by atoms with van der Waals surface area (Å²) in [4.78, 5) is 37.8. The van der Waals surface area contributed by atoms with E-state index in [2.05, 4.69) is 27.7 Å². The lowest BCUT2D eigenvalue weighted by Gasteiger charge is -2.61. The van der Waals surface area contributed by atoms with E-state index < -0.39 is 0 Å². The van der Waals surface area contributed by atoms with Crippen LogP contribution >= 0.6 is 0 Å². The van der Waals surface area contributed by atoms with E-state index in [4.69, 9.17) is 0 Å². The summed E-state index contributed by atoms with van der Waals surface area (Å²) in [5, 5.41) is 0. The lowest BCUT2D eigenvalue weighted by atomic mass is 9.42. The first-order valence-corrected chi connectivity index (χ1v) is 12.7. The minimum atomic E-state index is 0.0806. The molecule has 3 heteroatoms. The predicted molar refractivity (Wildman–Crippen MR) is 119 cm³/mol. The SMILES string of the molecule is CC[C@H]1C(=O)C2C(CC[C@@]3(C)C2CC[C@@H]3[C@H](C)CCC(C)=O)[C@@]2(C)CCC(=O)CC12. The predicted octanol–water partition coefficient (Wildman–Crippen LogP) is 6.03. The molecule has 168 valence electrons. The van der Waals surface area contributed by atoms with Crippen molar-refractivity contribution in [1.29, 1.82) is 0 Å². The highest BCUT2D eigenvalue weighted by atomic mass is 16.1. The zero-order valence-corrected chi connectivity index (χ0v) is 19.8. The Bertz CT molecular complexity index is 726. The Balaban J connectivity index is 1.63. The third-order valence-corrected chi connectivity index (χ3v) is 10.7. The van der Waals surface area contributed by atoms with E-state index in [1.165, 1.54) is 19.3 Å². The summed E-state index contributed by atoms with van der Waals surface area (Å²) in [6.45, 7) is 11.1. The minimum absolute atomic E-state index is 0.0806. The molecule has 4 unspecified atom stereocenters. The molecule has 4 aliphatic rings. The molecule has 0 N–H and O–H groups in total. The highest BCUT2D eigenvalue weighted by Crippen LogP contribution is 2.68. The number of carbonyl (C=O) groups is 3. The second-order valence-electron chi connectivity index (χ2n) is 12.0. The van der Waals surface area contributed by atoms with Crippen LogP contribution in [0.3, 0.4) is 0 Å². The van der Waals surface area contributed by atoms with Gasteiger partial charge in [0.1, 0.15) is 17.3 Å². The van der Waals surface area contributed by atoms with Gasteiger partial charge in [-0.25, -0.2) is 0 Å². The van der Waals surface area contributed by atoms with Crippen LogP contribution in [-0.2, 0) is 14.4 Å². The first kappa shape index (κ1) is 22.2. The number of Topliss-reactive ketones (excluding diaryl/α,β-unsaturated/α-hetero) is 3. The van der Waals surface area contributed by atoms with E-state index in [1.807, 2.05) is 0 Å². The standard InChI is InChI=1S/C27H42O3/c1-6-19-23-15-18(29)11-13-27(23,5)22-12-14-26(4)20(16(2)7-8-17(3)28)9-10-21(26)24(22)25(19)30/h16,19-24H,6-15H2,1-5H3/t16-,19-,20-,21?,22?,23?,24?,26-,27-/m1/s1. The lowest BCUT2D eigenvalue weighted by molar-refractivity contribution is -0.169. The lowest BCUT2D eigenvalue weighted by Crippen LogP contribution is -2.60. The number of hydrogen-bond acceptors (Lipinski definition) is 3. The fourth-order valence-electron chi connectivity index (χ4n) is 9.05. The molecule has 0 heterocycles. The van der Waals surface area contributed by atoms with Crippen LogP contribution in [0, 0.1) is 52.3 Å². The summed E-state index contributed by atoms with van der Waals surface area (Å²) in [5.41, 5.74) is 0.395. The third-order valence-electron chi connectivity index (χ3n) is 10.7. The van der Waals surface area contributed by atoms with E-state index in [1.54, 1.807) is 6.92 Å². The molecule has 0 aromatic carbocycles. The van der Waals surface area contributed by atoms with Gasteiger partial charge in [0.15, 0.2) is 0 Å². The van der Waals surface area contributed by atoms with Crippen LogP contribution < -0.4 is 0 Å². The topological polar surface area (TPSA) is 51.2 Å². The number of carbonyl (C=O) groups excluding carboxylic acids is 3. The van der Waals surface area contributed by atoms with E-state index >= 15 is 0 Å². The third kappa shape index (κ3) is 3.25. The van der Waals surface area contributed by atoms with E-state index in [0.717, 1.165) is 25.7 Å². The molecule has 4 aliphatic carbocycles. The summed E-state index contributed by atoms with van der Waals surface area (Å²) < 4.78 is 0. The minimum Gasteiger partial charge on any atom is -0.300 e. The fourth-order valence-corrected chi connectivity index (χ4v) is 9.05. The normalized spacial score (nSPS) is 46.7. The smallest absolute Gasteiger partial charge is 0.139 e. The number of hydrogen-bond donors (Lipinski definition) is 0. The molecular formula is C27H42O3. The van der Waals surface area contributed by atoms with Gasteiger partial charge in [0.05, 0.1) is 0 Å². The molecule has 9 atom stereocenters. The van der Waals surface area contributed by atoms with Crippen LogP contribution in [0.25, 0.3) is 0 Å². The van der Waals surface area contributed by atoms with Gasteiger partial charge in [-0.05, 0) is 92.3 Å². The molecule has 0 amide bonds. The number of fused-ring (bicyclic) bond motifs is 5. The van der Waals surface area contributed by atoms with Crippen LogP contribution in [0.15, 0.2) is 0 Å². The average Bonchev–Trinajstić information content (AvgIpc) is 3.05. The molecule has 3 nitrogen and oxygen atoms in total. The van der Waals surface area contributed by atoms with Crippen molar-refractivity contribution in [1.82, 2.24) is 0 Å². The van der Waals surface area contributed by atoms with Crippen LogP contribution in [0.4, 0.5) is 0 Å². The molecule has 0 aromatic heterocycles. The Labute approximate surface area is 183 Å². The largest absolute Gasteiger partial charge is 0.300 e. The van der Waals surface area contributed by atoms with Gasteiger partial charge in [-0.2, -0.15) is 0 Å². The van der Waals surface area contributed by atoms with E-state index in [-0.39, 0.29) is 28.6 Å². The van der Waals surface area contributed by atoms with Crippen LogP contribution in [0.5, 0.6) is 0 Å². The first-order chi connectivity index (χ1) is 14.1. The zero-order chi connectivity index (χ0) is 21.8. The van der Waals surface area contributed by atoms with Gasteiger partial charge in [0.2, 0.25) is 0 Å². The molecule has 0 saturated heterocycles. The van der Waals surface area contributed by atoms with Crippen molar-refractivity contribution in [2.45, 2.75) is 98.8 Å². The maximum atomic E-state index is 13.9. The second kappa shape index (κ2) is 7.85. The molecule has 0 bridgehead atoms. The van der Waals surface area contributed by atoms with Gasteiger partial charge in [0.25, 0.3) is 0 Å². The Hall–Kier alpha value is -0.990. The van der Waals surface area contributed by atoms with Crippen molar-refractivity contribution in [2.75, 3.05) is 0 Å². The summed E-state index contributed by atoms with van der Waals surface area (Å²) in [5.74, 6) is 3.89. The number of rotatable bonds is 5. The molecule has 0 spiro atoms. The molecule has 0 radical (unpaired) electrons. The molecule has 0 aliphatic heterocycles. The van der Waals surface area contributed by atoms with Crippen LogP contribution in [0.1, 0.15) is 98.8 Å². The molecule has 4 rings (SSSR count). The van der Waals surface area contributed by atoms with Gasteiger partial charge in [-0.1, -0.05) is 27.7 Å². The van der Waals surface area contributed by atoms with Gasteiger partial charge in [-0.15, -0.1) is 0 Å². The zero-order valence-electron chi connectivity index (χ0n) is 19.8. The Morgan fingerprint density at radius 2 is 1.73 bits per heavy atom. The summed E-state index contributed by atoms with van der Waals surface area (Å²) in [6, 6.07) is 0. The van der Waals surface area contributed by atoms with Crippen molar-refractivity contribution in [3.63, 3.8) is 0 Å². The van der Waals surface area contributed by atoms with Crippen molar-refractivity contribution < 1.29 is 14.4 Å². The van der Waals surface area contributed by atoms with Crippen LogP contribution in [0.2, 0.25) is 0 Å². The monoisotopic (exact) mass is 414 g/mol. The van der Waals surface area contributed by atoms with Gasteiger partial charge >= 0.3 is 0 Å². The molecule has 30 heavy (non-hydrogen) atoms. The quantitative estimate of drug-likeness (QED) is 0.551. The van der Waals surface area contributed by atoms with E-state index in [9.17, 15) is 14.4 Å². The number of ketones is 3. The molecule has 0 aromatic rings. The van der Waals surface area contributed by atoms with Gasteiger partial charge < -0.3 is 4.79 Å². The molecule has 4 fully saturated rings. The Morgan fingerprint density at radius 1 is 1.03 bits per heavy atom. The molecular weight excluding hydrogens is 372 g/mol. The van der Waals surface area contributed by atoms with Gasteiger partial charge in [-0.3, -0.25) is 9.59 Å². The van der Waals surface area contributed by atoms with E-state index in [0.29, 0.717) is 60.3 Å². The highest BCUT2D eigenvalue weighted by Gasteiger charge is 2.65. The summed E-state index contributed by atoms with van der Waals surface area (Å²) in [6.07, 6.45) is 9.66. The van der Waals surface area contributed by atoms with Crippen LogP contribution in [-0.4, -0.2) is 17.3 Å². The van der Waals surface area contributed by atoms with Gasteiger partial charge in [0, 0.05) is 31.1 Å². The van der Waals surface area contributed by atoms with Crippen molar-refractivity contribution in [3.8, 4) is 0 Å². The Morgan fingerprint density at radius 3 is 2.40 bits per heavy atom. The highest BCUT2D eigenvalue weighted by molar-refractivity contribution is 5.88. The fraction of sp³-hybridized carbons (Fsp3) is 0.889. The van der Waals surface area contributed by atoms with Crippen molar-refractivity contribution >= 4 is 17.3 Å². The maximum absolute atomic E-state index is 13.9. The average molecular weight is 415 g/mol. The maximum Gasteiger partial charge on any atom is 0.139 e. The van der Waals surface area contributed by atoms with Crippen molar-refractivity contribution in [3.05, 3.63) is 0 Å². The summed E-state index contributed by atoms with van der Waals surface area (Å²) >= 11 is 0. The molecule has 4 saturated carbocycles. The summed E-state index contributed by atoms with van der Waals surface area (Å²) in [7, 11) is 0. The first-order valence-electron chi connectivity index (χ1n) is 12.7. The second-order valence-corrected chi connectivity index (χ2v) is 12.0. The Kier molecular flexibility index (Phi) is 5.81. The van der Waals surface area contributed by atoms with Crippen molar-refractivity contribution in [2.24, 2.45) is 52.3 Å².